The second-order valence-corrected chi connectivity index (χ2v) is 5.55. The Labute approximate surface area is 142 Å². The monoisotopic (exact) mass is 325 g/mol. The fourth-order valence-corrected chi connectivity index (χ4v) is 2.41. The van der Waals surface area contributed by atoms with Gasteiger partial charge < -0.3 is 15.2 Å². The number of carbonyl (C=O) groups is 1. The number of methoxy groups -OCH3 is 1. The molecule has 0 fully saturated rings. The van der Waals surface area contributed by atoms with Crippen LogP contribution in [0.5, 0.6) is 5.75 Å². The number of benzene rings is 2. The minimum atomic E-state index is -0.173. The highest BCUT2D eigenvalue weighted by Gasteiger charge is 2.15. The van der Waals surface area contributed by atoms with Crippen LogP contribution < -0.4 is 10.1 Å². The van der Waals surface area contributed by atoms with Crippen LogP contribution in [0.1, 0.15) is 24.5 Å². The van der Waals surface area contributed by atoms with Gasteiger partial charge in [0.15, 0.2) is 0 Å². The van der Waals surface area contributed by atoms with Crippen molar-refractivity contribution in [1.29, 1.82) is 0 Å². The van der Waals surface area contributed by atoms with Crippen LogP contribution in [-0.4, -0.2) is 30.8 Å². The highest BCUT2D eigenvalue weighted by Crippen LogP contribution is 2.25. The summed E-state index contributed by atoms with van der Waals surface area (Å²) in [5.74, 6) is 0.537. The molecular weight excluding hydrogens is 302 g/mol. The number of aliphatic hydroxyl groups is 1. The van der Waals surface area contributed by atoms with Crippen molar-refractivity contribution in [2.75, 3.05) is 13.7 Å². The van der Waals surface area contributed by atoms with E-state index in [9.17, 15) is 4.79 Å². The average molecular weight is 325 g/mol. The number of ether oxygens (including phenoxy) is 1. The van der Waals surface area contributed by atoms with E-state index in [1.54, 1.807) is 7.11 Å². The Balaban J connectivity index is 2.40. The molecule has 1 unspecified atom stereocenters. The summed E-state index contributed by atoms with van der Waals surface area (Å²) in [6, 6.07) is 17.0. The molecular formula is C20H23NO3. The minimum Gasteiger partial charge on any atom is -0.496 e. The summed E-state index contributed by atoms with van der Waals surface area (Å²) in [5, 5.41) is 12.0. The van der Waals surface area contributed by atoms with Crippen molar-refractivity contribution in [2.45, 2.75) is 19.4 Å². The normalized spacial score (nSPS) is 12.5. The van der Waals surface area contributed by atoms with Crippen LogP contribution in [-0.2, 0) is 4.79 Å². The van der Waals surface area contributed by atoms with E-state index in [0.29, 0.717) is 17.7 Å². The Bertz CT molecular complexity index is 695. The number of amides is 1. The van der Waals surface area contributed by atoms with Crippen LogP contribution >= 0.6 is 0 Å². The zero-order valence-electron chi connectivity index (χ0n) is 14.0. The number of carbonyl (C=O) groups excluding carboxylic acids is 1. The summed E-state index contributed by atoms with van der Waals surface area (Å²) in [5.41, 5.74) is 2.23. The van der Waals surface area contributed by atoms with E-state index in [1.165, 1.54) is 0 Å². The van der Waals surface area contributed by atoms with Crippen LogP contribution in [0.15, 0.2) is 54.6 Å². The molecule has 1 atom stereocenters. The number of rotatable bonds is 7. The molecule has 4 nitrogen and oxygen atoms in total. The molecule has 126 valence electrons. The van der Waals surface area contributed by atoms with Crippen molar-refractivity contribution in [3.8, 4) is 5.75 Å². The number of nitrogens with one attached hydrogen (secondary N) is 1. The first-order valence-corrected chi connectivity index (χ1v) is 7.97. The van der Waals surface area contributed by atoms with Crippen molar-refractivity contribution >= 4 is 17.6 Å². The fraction of sp³-hybridized carbons (Fsp3) is 0.250. The van der Waals surface area contributed by atoms with Crippen LogP contribution in [0.3, 0.4) is 0 Å². The smallest absolute Gasteiger partial charge is 0.252 e. The molecule has 24 heavy (non-hydrogen) atoms. The molecule has 2 rings (SSSR count). The maximum Gasteiger partial charge on any atom is 0.252 e. The van der Waals surface area contributed by atoms with Crippen molar-refractivity contribution in [2.24, 2.45) is 0 Å². The van der Waals surface area contributed by atoms with Gasteiger partial charge in [-0.2, -0.15) is 0 Å². The standard InChI is InChI=1S/C20H23NO3/c1-15(12-13-22)21-20(23)18(16-8-4-3-5-9-16)14-17-10-6-7-11-19(17)24-2/h3-11,14-15,22H,12-13H2,1-2H3,(H,21,23)/b18-14+. The molecule has 0 saturated heterocycles. The number of hydrogen-bond acceptors (Lipinski definition) is 3. The third-order valence-corrected chi connectivity index (χ3v) is 3.71. The molecule has 0 aliphatic rings. The summed E-state index contributed by atoms with van der Waals surface area (Å²) < 4.78 is 5.37. The lowest BCUT2D eigenvalue weighted by Crippen LogP contribution is -2.33. The van der Waals surface area contributed by atoms with E-state index in [4.69, 9.17) is 9.84 Å². The third-order valence-electron chi connectivity index (χ3n) is 3.71. The molecule has 2 aromatic carbocycles. The molecule has 0 radical (unpaired) electrons. The van der Waals surface area contributed by atoms with Gasteiger partial charge in [-0.05, 0) is 31.1 Å². The van der Waals surface area contributed by atoms with Gasteiger partial charge >= 0.3 is 0 Å². The van der Waals surface area contributed by atoms with Crippen LogP contribution in [0, 0.1) is 0 Å². The van der Waals surface area contributed by atoms with Gasteiger partial charge in [-0.25, -0.2) is 0 Å². The van der Waals surface area contributed by atoms with Gasteiger partial charge in [-0.1, -0.05) is 48.5 Å². The first-order chi connectivity index (χ1) is 11.7. The Kier molecular flexibility index (Phi) is 6.58. The Morgan fingerprint density at radius 1 is 1.17 bits per heavy atom. The van der Waals surface area contributed by atoms with E-state index < -0.39 is 0 Å². The zero-order valence-corrected chi connectivity index (χ0v) is 14.0. The SMILES string of the molecule is COc1ccccc1/C=C(/C(=O)NC(C)CCO)c1ccccc1. The Morgan fingerprint density at radius 3 is 2.50 bits per heavy atom. The summed E-state index contributed by atoms with van der Waals surface area (Å²) in [6.07, 6.45) is 2.34. The molecule has 1 amide bonds. The van der Waals surface area contributed by atoms with E-state index in [1.807, 2.05) is 67.6 Å². The maximum absolute atomic E-state index is 12.7. The molecule has 2 N–H and O–H groups in total. The van der Waals surface area contributed by atoms with Crippen molar-refractivity contribution in [3.63, 3.8) is 0 Å². The second kappa shape index (κ2) is 8.89. The quantitative estimate of drug-likeness (QED) is 0.607. The van der Waals surface area contributed by atoms with Crippen LogP contribution in [0.4, 0.5) is 0 Å². The number of para-hydroxylation sites is 1. The second-order valence-electron chi connectivity index (χ2n) is 5.55. The lowest BCUT2D eigenvalue weighted by molar-refractivity contribution is -0.116. The summed E-state index contributed by atoms with van der Waals surface area (Å²) in [6.45, 7) is 1.91. The van der Waals surface area contributed by atoms with Gasteiger partial charge in [0, 0.05) is 23.8 Å². The average Bonchev–Trinajstić information content (AvgIpc) is 2.60. The first-order valence-electron chi connectivity index (χ1n) is 7.97. The molecule has 0 aromatic heterocycles. The molecule has 0 heterocycles. The Hall–Kier alpha value is -2.59. The van der Waals surface area contributed by atoms with Gasteiger partial charge in [0.1, 0.15) is 5.75 Å². The topological polar surface area (TPSA) is 58.6 Å². The van der Waals surface area contributed by atoms with E-state index >= 15 is 0 Å². The predicted octanol–water partition coefficient (Wildman–Crippen LogP) is 3.12. The summed E-state index contributed by atoms with van der Waals surface area (Å²) in [7, 11) is 1.61. The van der Waals surface area contributed by atoms with E-state index in [0.717, 1.165) is 11.1 Å². The Morgan fingerprint density at radius 2 is 1.83 bits per heavy atom. The van der Waals surface area contributed by atoms with Gasteiger partial charge in [0.25, 0.3) is 5.91 Å². The van der Waals surface area contributed by atoms with Gasteiger partial charge in [-0.15, -0.1) is 0 Å². The molecule has 0 aliphatic carbocycles. The molecule has 0 spiro atoms. The summed E-state index contributed by atoms with van der Waals surface area (Å²) in [4.78, 5) is 12.7. The van der Waals surface area contributed by atoms with Crippen molar-refractivity contribution in [3.05, 3.63) is 65.7 Å². The molecule has 2 aromatic rings. The van der Waals surface area contributed by atoms with E-state index in [-0.39, 0.29) is 18.6 Å². The summed E-state index contributed by atoms with van der Waals surface area (Å²) >= 11 is 0. The van der Waals surface area contributed by atoms with Crippen molar-refractivity contribution < 1.29 is 14.6 Å². The largest absolute Gasteiger partial charge is 0.496 e. The highest BCUT2D eigenvalue weighted by atomic mass is 16.5. The van der Waals surface area contributed by atoms with Crippen LogP contribution in [0.25, 0.3) is 11.6 Å². The minimum absolute atomic E-state index is 0.0400. The van der Waals surface area contributed by atoms with Gasteiger partial charge in [-0.3, -0.25) is 4.79 Å². The maximum atomic E-state index is 12.7. The lowest BCUT2D eigenvalue weighted by Gasteiger charge is -2.15. The molecule has 0 saturated carbocycles. The lowest BCUT2D eigenvalue weighted by atomic mass is 10.0. The molecule has 0 bridgehead atoms. The van der Waals surface area contributed by atoms with Crippen molar-refractivity contribution in [1.82, 2.24) is 5.32 Å². The number of hydrogen-bond donors (Lipinski definition) is 2. The van der Waals surface area contributed by atoms with Gasteiger partial charge in [0.05, 0.1) is 7.11 Å². The van der Waals surface area contributed by atoms with E-state index in [2.05, 4.69) is 5.32 Å². The fourth-order valence-electron chi connectivity index (χ4n) is 2.41. The predicted molar refractivity (Wildman–Crippen MR) is 96.6 cm³/mol. The zero-order chi connectivity index (χ0) is 17.4. The molecule has 4 heteroatoms. The highest BCUT2D eigenvalue weighted by molar-refractivity contribution is 6.24. The van der Waals surface area contributed by atoms with Crippen LogP contribution in [0.2, 0.25) is 0 Å². The van der Waals surface area contributed by atoms with Gasteiger partial charge in [0.2, 0.25) is 0 Å². The first kappa shape index (κ1) is 17.8. The third kappa shape index (κ3) is 4.70. The molecule has 0 aliphatic heterocycles. The number of aliphatic hydroxyl groups excluding tert-OH is 1.